The molecule has 0 spiro atoms. The summed E-state index contributed by atoms with van der Waals surface area (Å²) in [5, 5.41) is 4.08. The molecule has 1 aromatic carbocycles. The predicted molar refractivity (Wildman–Crippen MR) is 67.7 cm³/mol. The van der Waals surface area contributed by atoms with E-state index in [9.17, 15) is 0 Å². The molecular weight excluding hydrogens is 220 g/mol. The molecule has 2 rings (SSSR count). The number of benzene rings is 1. The Kier molecular flexibility index (Phi) is 3.42. The summed E-state index contributed by atoms with van der Waals surface area (Å²) < 4.78 is 0. The Balaban J connectivity index is 2.09. The molecule has 2 aromatic rings. The molecule has 16 heavy (non-hydrogen) atoms. The molecule has 2 nitrogen and oxygen atoms in total. The van der Waals surface area contributed by atoms with Gasteiger partial charge in [0.15, 0.2) is 0 Å². The summed E-state index contributed by atoms with van der Waals surface area (Å²) in [5.74, 6) is 0.880. The standard InChI is InChI=1S/C13H13ClN2/c1-10(11-5-7-12(14)8-6-11)16-13-4-2-3-9-15-13/h2-10H,1H3,(H,15,16). The fraction of sp³-hybridized carbons (Fsp3) is 0.154. The summed E-state index contributed by atoms with van der Waals surface area (Å²) in [6.07, 6.45) is 1.77. The number of anilines is 1. The van der Waals surface area contributed by atoms with Crippen molar-refractivity contribution in [3.05, 3.63) is 59.2 Å². The Bertz CT molecular complexity index is 439. The molecule has 0 fully saturated rings. The van der Waals surface area contributed by atoms with Crippen molar-refractivity contribution >= 4 is 17.4 Å². The van der Waals surface area contributed by atoms with Gasteiger partial charge in [-0.25, -0.2) is 4.98 Å². The molecule has 0 saturated carbocycles. The summed E-state index contributed by atoms with van der Waals surface area (Å²) in [6, 6.07) is 13.9. The molecule has 3 heteroatoms. The van der Waals surface area contributed by atoms with Crippen molar-refractivity contribution in [2.45, 2.75) is 13.0 Å². The van der Waals surface area contributed by atoms with Crippen molar-refractivity contribution in [2.24, 2.45) is 0 Å². The number of pyridine rings is 1. The topological polar surface area (TPSA) is 24.9 Å². The van der Waals surface area contributed by atoms with Crippen molar-refractivity contribution in [3.8, 4) is 0 Å². The molecule has 1 aromatic heterocycles. The number of nitrogens with one attached hydrogen (secondary N) is 1. The zero-order valence-electron chi connectivity index (χ0n) is 9.02. The fourth-order valence-electron chi connectivity index (χ4n) is 1.50. The summed E-state index contributed by atoms with van der Waals surface area (Å²) >= 11 is 5.84. The molecular formula is C13H13ClN2. The molecule has 82 valence electrons. The van der Waals surface area contributed by atoms with Gasteiger partial charge < -0.3 is 5.32 Å². The summed E-state index contributed by atoms with van der Waals surface area (Å²) in [6.45, 7) is 2.10. The monoisotopic (exact) mass is 232 g/mol. The molecule has 0 saturated heterocycles. The van der Waals surface area contributed by atoms with Crippen LogP contribution in [-0.4, -0.2) is 4.98 Å². The lowest BCUT2D eigenvalue weighted by molar-refractivity contribution is 0.875. The van der Waals surface area contributed by atoms with E-state index in [2.05, 4.69) is 17.2 Å². The molecule has 0 amide bonds. The molecule has 0 aliphatic rings. The second-order valence-electron chi connectivity index (χ2n) is 3.63. The Morgan fingerprint density at radius 1 is 1.12 bits per heavy atom. The molecule has 1 atom stereocenters. The minimum atomic E-state index is 0.215. The molecule has 1 heterocycles. The van der Waals surface area contributed by atoms with Gasteiger partial charge in [-0.05, 0) is 36.8 Å². The van der Waals surface area contributed by atoms with Crippen LogP contribution in [0.1, 0.15) is 18.5 Å². The predicted octanol–water partition coefficient (Wildman–Crippen LogP) is 3.91. The largest absolute Gasteiger partial charge is 0.364 e. The van der Waals surface area contributed by atoms with Gasteiger partial charge in [-0.2, -0.15) is 0 Å². The highest BCUT2D eigenvalue weighted by Crippen LogP contribution is 2.19. The third-order valence-electron chi connectivity index (χ3n) is 2.40. The maximum atomic E-state index is 5.84. The quantitative estimate of drug-likeness (QED) is 0.868. The van der Waals surface area contributed by atoms with Gasteiger partial charge in [0.05, 0.1) is 0 Å². The maximum Gasteiger partial charge on any atom is 0.126 e. The first-order valence-corrected chi connectivity index (χ1v) is 5.56. The summed E-state index contributed by atoms with van der Waals surface area (Å²) in [7, 11) is 0. The lowest BCUT2D eigenvalue weighted by Gasteiger charge is -2.14. The average molecular weight is 233 g/mol. The molecule has 0 aliphatic heterocycles. The minimum Gasteiger partial charge on any atom is -0.364 e. The Morgan fingerprint density at radius 3 is 2.50 bits per heavy atom. The molecule has 1 unspecified atom stereocenters. The van der Waals surface area contributed by atoms with E-state index in [1.807, 2.05) is 42.5 Å². The number of halogens is 1. The lowest BCUT2D eigenvalue weighted by atomic mass is 10.1. The van der Waals surface area contributed by atoms with Crippen LogP contribution in [0.3, 0.4) is 0 Å². The third-order valence-corrected chi connectivity index (χ3v) is 2.65. The lowest BCUT2D eigenvalue weighted by Crippen LogP contribution is -2.07. The third kappa shape index (κ3) is 2.74. The fourth-order valence-corrected chi connectivity index (χ4v) is 1.63. The number of hydrogen-bond donors (Lipinski definition) is 1. The Hall–Kier alpha value is -1.54. The number of hydrogen-bond acceptors (Lipinski definition) is 2. The van der Waals surface area contributed by atoms with Crippen LogP contribution in [-0.2, 0) is 0 Å². The van der Waals surface area contributed by atoms with E-state index < -0.39 is 0 Å². The van der Waals surface area contributed by atoms with Gasteiger partial charge >= 0.3 is 0 Å². The zero-order valence-corrected chi connectivity index (χ0v) is 9.78. The van der Waals surface area contributed by atoms with Gasteiger partial charge in [-0.15, -0.1) is 0 Å². The first-order valence-electron chi connectivity index (χ1n) is 5.19. The molecule has 0 bridgehead atoms. The van der Waals surface area contributed by atoms with Gasteiger partial charge in [-0.1, -0.05) is 29.8 Å². The maximum absolute atomic E-state index is 5.84. The Labute approximate surface area is 100 Å². The Morgan fingerprint density at radius 2 is 1.88 bits per heavy atom. The van der Waals surface area contributed by atoms with E-state index in [0.717, 1.165) is 10.8 Å². The van der Waals surface area contributed by atoms with Crippen molar-refractivity contribution < 1.29 is 0 Å². The van der Waals surface area contributed by atoms with Crippen LogP contribution in [0.4, 0.5) is 5.82 Å². The van der Waals surface area contributed by atoms with Crippen molar-refractivity contribution in [1.29, 1.82) is 0 Å². The van der Waals surface area contributed by atoms with Crippen LogP contribution < -0.4 is 5.32 Å². The van der Waals surface area contributed by atoms with E-state index >= 15 is 0 Å². The van der Waals surface area contributed by atoms with E-state index in [0.29, 0.717) is 0 Å². The van der Waals surface area contributed by atoms with Crippen LogP contribution in [0, 0.1) is 0 Å². The van der Waals surface area contributed by atoms with Crippen LogP contribution in [0.15, 0.2) is 48.7 Å². The van der Waals surface area contributed by atoms with Crippen LogP contribution in [0.5, 0.6) is 0 Å². The highest BCUT2D eigenvalue weighted by atomic mass is 35.5. The van der Waals surface area contributed by atoms with E-state index in [-0.39, 0.29) is 6.04 Å². The SMILES string of the molecule is CC(Nc1ccccn1)c1ccc(Cl)cc1. The first-order chi connectivity index (χ1) is 7.75. The smallest absolute Gasteiger partial charge is 0.126 e. The highest BCUT2D eigenvalue weighted by Gasteiger charge is 2.04. The number of nitrogens with zero attached hydrogens (tertiary/aromatic N) is 1. The summed E-state index contributed by atoms with van der Waals surface area (Å²) in [4.78, 5) is 4.22. The van der Waals surface area contributed by atoms with Gasteiger partial charge in [0.25, 0.3) is 0 Å². The minimum absolute atomic E-state index is 0.215. The van der Waals surface area contributed by atoms with Gasteiger partial charge in [-0.3, -0.25) is 0 Å². The van der Waals surface area contributed by atoms with E-state index in [4.69, 9.17) is 11.6 Å². The van der Waals surface area contributed by atoms with Crippen molar-refractivity contribution in [2.75, 3.05) is 5.32 Å². The van der Waals surface area contributed by atoms with Gasteiger partial charge in [0.2, 0.25) is 0 Å². The number of aromatic nitrogens is 1. The number of rotatable bonds is 3. The van der Waals surface area contributed by atoms with Crippen LogP contribution >= 0.6 is 11.6 Å². The van der Waals surface area contributed by atoms with Crippen LogP contribution in [0.25, 0.3) is 0 Å². The second kappa shape index (κ2) is 4.99. The molecule has 0 aliphatic carbocycles. The zero-order chi connectivity index (χ0) is 11.4. The first kappa shape index (κ1) is 11.0. The van der Waals surface area contributed by atoms with Crippen LogP contribution in [0.2, 0.25) is 5.02 Å². The molecule has 0 radical (unpaired) electrons. The highest BCUT2D eigenvalue weighted by molar-refractivity contribution is 6.30. The normalized spacial score (nSPS) is 12.1. The van der Waals surface area contributed by atoms with E-state index in [1.165, 1.54) is 5.56 Å². The van der Waals surface area contributed by atoms with Crippen molar-refractivity contribution in [3.63, 3.8) is 0 Å². The van der Waals surface area contributed by atoms with E-state index in [1.54, 1.807) is 6.20 Å². The second-order valence-corrected chi connectivity index (χ2v) is 4.07. The van der Waals surface area contributed by atoms with Gasteiger partial charge in [0.1, 0.15) is 5.82 Å². The summed E-state index contributed by atoms with van der Waals surface area (Å²) in [5.41, 5.74) is 1.19. The molecule has 1 N–H and O–H groups in total. The van der Waals surface area contributed by atoms with Gasteiger partial charge in [0, 0.05) is 17.3 Å². The average Bonchev–Trinajstić information content (AvgIpc) is 2.31. The van der Waals surface area contributed by atoms with Crippen molar-refractivity contribution in [1.82, 2.24) is 4.98 Å².